The second-order valence-electron chi connectivity index (χ2n) is 3.65. The lowest BCUT2D eigenvalue weighted by Crippen LogP contribution is -2.25. The highest BCUT2D eigenvalue weighted by atomic mass is 32.2. The smallest absolute Gasteiger partial charge is 0.230 e. The second kappa shape index (κ2) is 6.80. The van der Waals surface area contributed by atoms with Gasteiger partial charge in [-0.25, -0.2) is 4.39 Å². The Balaban J connectivity index is 1.73. The van der Waals surface area contributed by atoms with Gasteiger partial charge in [-0.1, -0.05) is 41.7 Å². The summed E-state index contributed by atoms with van der Waals surface area (Å²) >= 11 is 3.11. The van der Waals surface area contributed by atoms with Crippen LogP contribution in [0.15, 0.2) is 29.3 Å². The summed E-state index contributed by atoms with van der Waals surface area (Å²) in [5.41, 5.74) is 0.503. The molecule has 0 aromatic heterocycles. The van der Waals surface area contributed by atoms with E-state index in [-0.39, 0.29) is 18.3 Å². The van der Waals surface area contributed by atoms with Crippen LogP contribution < -0.4 is 5.32 Å². The van der Waals surface area contributed by atoms with Gasteiger partial charge in [0.1, 0.15) is 10.2 Å². The number of nitrogens with zero attached hydrogens (tertiary/aromatic N) is 1. The van der Waals surface area contributed by atoms with Gasteiger partial charge in [0, 0.05) is 17.9 Å². The molecular weight excluding hydrogens is 271 g/mol. The molecule has 6 heteroatoms. The molecule has 2 rings (SSSR count). The minimum atomic E-state index is -0.291. The van der Waals surface area contributed by atoms with Gasteiger partial charge in [0.15, 0.2) is 0 Å². The van der Waals surface area contributed by atoms with E-state index in [1.807, 2.05) is 0 Å². The van der Waals surface area contributed by atoms with Gasteiger partial charge in [0.05, 0.1) is 12.3 Å². The Labute approximate surface area is 114 Å². The molecule has 1 aromatic carbocycles. The Morgan fingerprint density at radius 2 is 2.33 bits per heavy atom. The molecule has 1 heterocycles. The van der Waals surface area contributed by atoms with E-state index in [4.69, 9.17) is 0 Å². The Morgan fingerprint density at radius 3 is 3.06 bits per heavy atom. The number of nitrogens with one attached hydrogen (secondary N) is 1. The van der Waals surface area contributed by atoms with Gasteiger partial charge in [-0.3, -0.25) is 9.79 Å². The van der Waals surface area contributed by atoms with Gasteiger partial charge in [-0.15, -0.1) is 0 Å². The lowest BCUT2D eigenvalue weighted by Gasteiger charge is -2.05. The Kier molecular flexibility index (Phi) is 5.07. The molecule has 0 saturated carbocycles. The van der Waals surface area contributed by atoms with Crippen molar-refractivity contribution < 1.29 is 9.18 Å². The number of amides is 1. The minimum absolute atomic E-state index is 0.0987. The van der Waals surface area contributed by atoms with E-state index < -0.39 is 0 Å². The summed E-state index contributed by atoms with van der Waals surface area (Å²) in [4.78, 5) is 15.8. The van der Waals surface area contributed by atoms with Gasteiger partial charge in [0.2, 0.25) is 5.91 Å². The van der Waals surface area contributed by atoms with Crippen LogP contribution in [0.3, 0.4) is 0 Å². The first-order valence-corrected chi connectivity index (χ1v) is 7.53. The monoisotopic (exact) mass is 284 g/mol. The Hall–Kier alpha value is -1.01. The van der Waals surface area contributed by atoms with Crippen molar-refractivity contribution in [3.8, 4) is 0 Å². The molecule has 96 valence electrons. The first-order valence-electron chi connectivity index (χ1n) is 5.56. The molecule has 0 aliphatic carbocycles. The van der Waals surface area contributed by atoms with Crippen molar-refractivity contribution in [3.63, 3.8) is 0 Å². The minimum Gasteiger partial charge on any atom is -0.351 e. The normalized spacial score (nSPS) is 14.4. The fourth-order valence-corrected chi connectivity index (χ4v) is 3.26. The van der Waals surface area contributed by atoms with E-state index in [1.165, 1.54) is 17.8 Å². The number of carbonyl (C=O) groups is 1. The fourth-order valence-electron chi connectivity index (χ4n) is 1.42. The molecule has 18 heavy (non-hydrogen) atoms. The molecule has 0 unspecified atom stereocenters. The van der Waals surface area contributed by atoms with Crippen LogP contribution in [-0.4, -0.2) is 28.3 Å². The van der Waals surface area contributed by atoms with Crippen molar-refractivity contribution in [2.75, 3.05) is 18.1 Å². The first kappa shape index (κ1) is 13.4. The third-order valence-corrected chi connectivity index (χ3v) is 4.57. The van der Waals surface area contributed by atoms with Gasteiger partial charge in [0.25, 0.3) is 0 Å². The van der Waals surface area contributed by atoms with E-state index >= 15 is 0 Å². The highest BCUT2D eigenvalue weighted by Crippen LogP contribution is 2.21. The van der Waals surface area contributed by atoms with Gasteiger partial charge >= 0.3 is 0 Å². The van der Waals surface area contributed by atoms with E-state index in [0.29, 0.717) is 11.3 Å². The third-order valence-electron chi connectivity index (χ3n) is 2.32. The van der Waals surface area contributed by atoms with Gasteiger partial charge in [-0.2, -0.15) is 0 Å². The molecule has 1 amide bonds. The molecule has 0 spiro atoms. The maximum absolute atomic E-state index is 13.3. The number of thioether (sulfide) groups is 2. The number of hydrogen-bond donors (Lipinski definition) is 1. The molecule has 1 aliphatic heterocycles. The number of benzene rings is 1. The van der Waals surface area contributed by atoms with Gasteiger partial charge in [-0.05, 0) is 6.07 Å². The van der Waals surface area contributed by atoms with Crippen molar-refractivity contribution in [1.82, 2.24) is 5.32 Å². The summed E-state index contributed by atoms with van der Waals surface area (Å²) in [5, 5.41) is 2.70. The second-order valence-corrected chi connectivity index (χ2v) is 5.96. The van der Waals surface area contributed by atoms with Crippen molar-refractivity contribution in [1.29, 1.82) is 0 Å². The van der Waals surface area contributed by atoms with Crippen LogP contribution in [0.1, 0.15) is 5.56 Å². The largest absolute Gasteiger partial charge is 0.351 e. The number of rotatable bonds is 4. The van der Waals surface area contributed by atoms with Crippen molar-refractivity contribution in [2.24, 2.45) is 4.99 Å². The number of hydrogen-bond acceptors (Lipinski definition) is 4. The summed E-state index contributed by atoms with van der Waals surface area (Å²) < 4.78 is 14.3. The molecule has 0 bridgehead atoms. The molecule has 1 aromatic rings. The lowest BCUT2D eigenvalue weighted by molar-refractivity contribution is -0.118. The molecule has 0 saturated heterocycles. The maximum atomic E-state index is 13.3. The number of carbonyl (C=O) groups excluding carboxylic acids is 1. The zero-order valence-electron chi connectivity index (χ0n) is 9.69. The van der Waals surface area contributed by atoms with Crippen LogP contribution in [0.2, 0.25) is 0 Å². The maximum Gasteiger partial charge on any atom is 0.230 e. The van der Waals surface area contributed by atoms with E-state index in [9.17, 15) is 9.18 Å². The zero-order valence-corrected chi connectivity index (χ0v) is 11.3. The molecule has 0 radical (unpaired) electrons. The standard InChI is InChI=1S/C12H13FN2OS2/c13-10-4-2-1-3-9(10)7-15-11(16)8-18-12-14-5-6-17-12/h1-4H,5-8H2,(H,15,16). The summed E-state index contributed by atoms with van der Waals surface area (Å²) in [7, 11) is 0. The van der Waals surface area contributed by atoms with Crippen LogP contribution in [0.5, 0.6) is 0 Å². The van der Waals surface area contributed by atoms with E-state index in [0.717, 1.165) is 16.7 Å². The van der Waals surface area contributed by atoms with E-state index in [1.54, 1.807) is 30.0 Å². The molecule has 1 N–H and O–H groups in total. The van der Waals surface area contributed by atoms with E-state index in [2.05, 4.69) is 10.3 Å². The van der Waals surface area contributed by atoms with Crippen LogP contribution in [-0.2, 0) is 11.3 Å². The van der Waals surface area contributed by atoms with Gasteiger partial charge < -0.3 is 5.32 Å². The molecule has 0 fully saturated rings. The molecular formula is C12H13FN2OS2. The van der Waals surface area contributed by atoms with Crippen LogP contribution in [0.4, 0.5) is 4.39 Å². The molecule has 1 aliphatic rings. The summed E-state index contributed by atoms with van der Waals surface area (Å²) in [6.07, 6.45) is 0. The number of aliphatic imine (C=N–C) groups is 1. The predicted octanol–water partition coefficient (Wildman–Crippen LogP) is 2.28. The number of halogens is 1. The highest BCUT2D eigenvalue weighted by Gasteiger charge is 2.10. The Bertz CT molecular complexity index is 465. The van der Waals surface area contributed by atoms with Crippen LogP contribution in [0.25, 0.3) is 0 Å². The van der Waals surface area contributed by atoms with Crippen LogP contribution in [0, 0.1) is 5.82 Å². The first-order chi connectivity index (χ1) is 8.75. The molecule has 3 nitrogen and oxygen atoms in total. The summed E-state index contributed by atoms with van der Waals surface area (Å²) in [6, 6.07) is 6.44. The average molecular weight is 284 g/mol. The highest BCUT2D eigenvalue weighted by molar-refractivity contribution is 8.39. The summed E-state index contributed by atoms with van der Waals surface area (Å²) in [5.74, 6) is 0.944. The van der Waals surface area contributed by atoms with Crippen molar-refractivity contribution >= 4 is 33.8 Å². The SMILES string of the molecule is O=C(CSC1=NCCS1)NCc1ccccc1F. The fraction of sp³-hybridized carbons (Fsp3) is 0.333. The third kappa shape index (κ3) is 4.03. The van der Waals surface area contributed by atoms with Crippen molar-refractivity contribution in [2.45, 2.75) is 6.54 Å². The Morgan fingerprint density at radius 1 is 1.50 bits per heavy atom. The molecule has 0 atom stereocenters. The lowest BCUT2D eigenvalue weighted by atomic mass is 10.2. The predicted molar refractivity (Wildman–Crippen MR) is 75.5 cm³/mol. The summed E-state index contributed by atoms with van der Waals surface area (Å²) in [6.45, 7) is 1.07. The average Bonchev–Trinajstić information content (AvgIpc) is 2.88. The zero-order chi connectivity index (χ0) is 12.8. The van der Waals surface area contributed by atoms with Crippen LogP contribution >= 0.6 is 23.5 Å². The topological polar surface area (TPSA) is 41.5 Å². The van der Waals surface area contributed by atoms with Crippen molar-refractivity contribution in [3.05, 3.63) is 35.6 Å². The quantitative estimate of drug-likeness (QED) is 0.922.